The molecular weight excluding hydrogens is 378 g/mol. The number of hydrogen-bond acceptors (Lipinski definition) is 4. The predicted octanol–water partition coefficient (Wildman–Crippen LogP) is 4.70. The van der Waals surface area contributed by atoms with Crippen molar-refractivity contribution in [3.63, 3.8) is 0 Å². The fourth-order valence-corrected chi connectivity index (χ4v) is 4.44. The SMILES string of the molecule is Cc1cccc(CC(=O)N(CCN(C)C)c2nc3c(C)cc(Cl)cc3s2)c1. The zero-order valence-electron chi connectivity index (χ0n) is 16.1. The van der Waals surface area contributed by atoms with Crippen LogP contribution in [0.25, 0.3) is 10.2 Å². The first kappa shape index (κ1) is 19.8. The summed E-state index contributed by atoms with van der Waals surface area (Å²) in [5, 5.41) is 1.43. The number of halogens is 1. The van der Waals surface area contributed by atoms with E-state index < -0.39 is 0 Å². The van der Waals surface area contributed by atoms with Crippen molar-refractivity contribution in [3.8, 4) is 0 Å². The first-order valence-electron chi connectivity index (χ1n) is 8.91. The summed E-state index contributed by atoms with van der Waals surface area (Å²) in [7, 11) is 4.01. The highest BCUT2D eigenvalue weighted by atomic mass is 35.5. The molecular formula is C21H24ClN3OS. The van der Waals surface area contributed by atoms with E-state index in [1.807, 2.05) is 58.3 Å². The Kier molecular flexibility index (Phi) is 6.15. The fraction of sp³-hybridized carbons (Fsp3) is 0.333. The first-order valence-corrected chi connectivity index (χ1v) is 10.1. The topological polar surface area (TPSA) is 36.4 Å². The summed E-state index contributed by atoms with van der Waals surface area (Å²) in [5.74, 6) is 0.0604. The summed E-state index contributed by atoms with van der Waals surface area (Å²) < 4.78 is 1.01. The monoisotopic (exact) mass is 401 g/mol. The van der Waals surface area contributed by atoms with Gasteiger partial charge in [-0.05, 0) is 51.2 Å². The molecule has 0 aliphatic carbocycles. The van der Waals surface area contributed by atoms with Crippen molar-refractivity contribution in [2.75, 3.05) is 32.1 Å². The van der Waals surface area contributed by atoms with E-state index in [0.29, 0.717) is 18.0 Å². The number of thiazole rings is 1. The predicted molar refractivity (Wildman–Crippen MR) is 115 cm³/mol. The maximum Gasteiger partial charge on any atom is 0.233 e. The maximum absolute atomic E-state index is 13.1. The second kappa shape index (κ2) is 8.38. The molecule has 3 rings (SSSR count). The van der Waals surface area contributed by atoms with Crippen LogP contribution in [0.4, 0.5) is 5.13 Å². The third-order valence-electron chi connectivity index (χ3n) is 4.38. The molecule has 4 nitrogen and oxygen atoms in total. The quantitative estimate of drug-likeness (QED) is 0.600. The van der Waals surface area contributed by atoms with E-state index >= 15 is 0 Å². The number of fused-ring (bicyclic) bond motifs is 1. The van der Waals surface area contributed by atoms with Crippen molar-refractivity contribution in [1.82, 2.24) is 9.88 Å². The minimum atomic E-state index is 0.0604. The van der Waals surface area contributed by atoms with Crippen molar-refractivity contribution in [1.29, 1.82) is 0 Å². The van der Waals surface area contributed by atoms with Crippen LogP contribution >= 0.6 is 22.9 Å². The maximum atomic E-state index is 13.1. The Morgan fingerprint density at radius 3 is 2.63 bits per heavy atom. The number of carbonyl (C=O) groups is 1. The number of aryl methyl sites for hydroxylation is 2. The molecule has 0 aliphatic rings. The van der Waals surface area contributed by atoms with Gasteiger partial charge in [0.15, 0.2) is 5.13 Å². The second-order valence-electron chi connectivity index (χ2n) is 7.08. The Morgan fingerprint density at radius 1 is 1.15 bits per heavy atom. The molecule has 1 amide bonds. The number of amides is 1. The van der Waals surface area contributed by atoms with Crippen LogP contribution in [-0.2, 0) is 11.2 Å². The zero-order chi connectivity index (χ0) is 19.6. The third-order valence-corrected chi connectivity index (χ3v) is 5.62. The summed E-state index contributed by atoms with van der Waals surface area (Å²) in [6.45, 7) is 5.41. The molecule has 142 valence electrons. The lowest BCUT2D eigenvalue weighted by molar-refractivity contribution is -0.118. The average Bonchev–Trinajstić information content (AvgIpc) is 2.98. The summed E-state index contributed by atoms with van der Waals surface area (Å²) >= 11 is 7.71. The van der Waals surface area contributed by atoms with Crippen LogP contribution in [0, 0.1) is 13.8 Å². The molecule has 0 spiro atoms. The molecule has 6 heteroatoms. The molecule has 0 fully saturated rings. The molecule has 0 aliphatic heterocycles. The van der Waals surface area contributed by atoms with E-state index in [-0.39, 0.29) is 5.91 Å². The van der Waals surface area contributed by atoms with E-state index in [9.17, 15) is 4.79 Å². The molecule has 1 heterocycles. The molecule has 0 saturated carbocycles. The highest BCUT2D eigenvalue weighted by Gasteiger charge is 2.21. The van der Waals surface area contributed by atoms with E-state index in [1.54, 1.807) is 4.90 Å². The van der Waals surface area contributed by atoms with Gasteiger partial charge in [0.05, 0.1) is 16.6 Å². The Hall–Kier alpha value is -1.95. The van der Waals surface area contributed by atoms with Gasteiger partial charge in [-0.2, -0.15) is 0 Å². The fourth-order valence-electron chi connectivity index (χ4n) is 2.98. The van der Waals surface area contributed by atoms with Crippen LogP contribution in [0.2, 0.25) is 5.02 Å². The highest BCUT2D eigenvalue weighted by molar-refractivity contribution is 7.22. The van der Waals surface area contributed by atoms with Gasteiger partial charge < -0.3 is 4.90 Å². The molecule has 2 aromatic carbocycles. The number of carbonyl (C=O) groups excluding carboxylic acids is 1. The molecule has 0 unspecified atom stereocenters. The van der Waals surface area contributed by atoms with Crippen molar-refractivity contribution in [2.45, 2.75) is 20.3 Å². The van der Waals surface area contributed by atoms with Crippen LogP contribution in [-0.4, -0.2) is 43.0 Å². The second-order valence-corrected chi connectivity index (χ2v) is 8.53. The van der Waals surface area contributed by atoms with Crippen LogP contribution in [0.3, 0.4) is 0 Å². The Morgan fingerprint density at radius 2 is 1.93 bits per heavy atom. The lowest BCUT2D eigenvalue weighted by atomic mass is 10.1. The number of hydrogen-bond donors (Lipinski definition) is 0. The van der Waals surface area contributed by atoms with E-state index in [0.717, 1.165) is 38.6 Å². The molecule has 0 N–H and O–H groups in total. The van der Waals surface area contributed by atoms with Crippen LogP contribution in [0.5, 0.6) is 0 Å². The van der Waals surface area contributed by atoms with Gasteiger partial charge in [0.2, 0.25) is 5.91 Å². The minimum Gasteiger partial charge on any atom is -0.308 e. The van der Waals surface area contributed by atoms with Crippen LogP contribution in [0.1, 0.15) is 16.7 Å². The van der Waals surface area contributed by atoms with Crippen molar-refractivity contribution in [2.24, 2.45) is 0 Å². The summed E-state index contributed by atoms with van der Waals surface area (Å²) in [5.41, 5.74) is 4.12. The van der Waals surface area contributed by atoms with Gasteiger partial charge in [-0.15, -0.1) is 0 Å². The molecule has 3 aromatic rings. The summed E-state index contributed by atoms with van der Waals surface area (Å²) in [4.78, 5) is 21.7. The first-order chi connectivity index (χ1) is 12.8. The number of anilines is 1. The van der Waals surface area contributed by atoms with Gasteiger partial charge in [-0.3, -0.25) is 9.69 Å². The van der Waals surface area contributed by atoms with Crippen LogP contribution < -0.4 is 4.90 Å². The van der Waals surface area contributed by atoms with E-state index in [2.05, 4.69) is 11.0 Å². The minimum absolute atomic E-state index is 0.0604. The average molecular weight is 402 g/mol. The highest BCUT2D eigenvalue weighted by Crippen LogP contribution is 2.33. The Labute approximate surface area is 169 Å². The van der Waals surface area contributed by atoms with Gasteiger partial charge in [0.25, 0.3) is 0 Å². The smallest absolute Gasteiger partial charge is 0.233 e. The number of rotatable bonds is 6. The molecule has 0 atom stereocenters. The Bertz CT molecular complexity index is 967. The van der Waals surface area contributed by atoms with E-state index in [4.69, 9.17) is 16.6 Å². The van der Waals surface area contributed by atoms with Gasteiger partial charge in [0.1, 0.15) is 0 Å². The number of likely N-dealkylation sites (N-methyl/N-ethyl adjacent to an activating group) is 1. The number of aromatic nitrogens is 1. The molecule has 0 bridgehead atoms. The van der Waals surface area contributed by atoms with Gasteiger partial charge in [0, 0.05) is 18.1 Å². The van der Waals surface area contributed by atoms with Crippen molar-refractivity contribution >= 4 is 44.2 Å². The standard InChI is InChI=1S/C21H24ClN3OS/c1-14-6-5-7-16(10-14)12-19(26)25(9-8-24(3)4)21-23-20-15(2)11-17(22)13-18(20)27-21/h5-7,10-11,13H,8-9,12H2,1-4H3. The van der Waals surface area contributed by atoms with Gasteiger partial charge in [-0.25, -0.2) is 4.98 Å². The van der Waals surface area contributed by atoms with Gasteiger partial charge in [-0.1, -0.05) is 52.8 Å². The molecule has 1 aromatic heterocycles. The summed E-state index contributed by atoms with van der Waals surface area (Å²) in [6.07, 6.45) is 0.366. The molecule has 0 radical (unpaired) electrons. The Balaban J connectivity index is 1.93. The lowest BCUT2D eigenvalue weighted by Crippen LogP contribution is -2.37. The molecule has 27 heavy (non-hydrogen) atoms. The number of nitrogens with zero attached hydrogens (tertiary/aromatic N) is 3. The van der Waals surface area contributed by atoms with Crippen molar-refractivity contribution in [3.05, 3.63) is 58.1 Å². The normalized spacial score (nSPS) is 11.3. The lowest BCUT2D eigenvalue weighted by Gasteiger charge is -2.22. The zero-order valence-corrected chi connectivity index (χ0v) is 17.7. The van der Waals surface area contributed by atoms with E-state index in [1.165, 1.54) is 11.3 Å². The molecule has 0 saturated heterocycles. The van der Waals surface area contributed by atoms with Crippen LogP contribution in [0.15, 0.2) is 36.4 Å². The largest absolute Gasteiger partial charge is 0.308 e. The third kappa shape index (κ3) is 4.86. The van der Waals surface area contributed by atoms with Crippen molar-refractivity contribution < 1.29 is 4.79 Å². The summed E-state index contributed by atoms with van der Waals surface area (Å²) in [6, 6.07) is 11.9. The van der Waals surface area contributed by atoms with Gasteiger partial charge >= 0.3 is 0 Å². The number of benzene rings is 2.